The normalized spacial score (nSPS) is 6.80. The van der Waals surface area contributed by atoms with E-state index in [9.17, 15) is 4.79 Å². The molecule has 0 bridgehead atoms. The van der Waals surface area contributed by atoms with Crippen molar-refractivity contribution in [3.05, 3.63) is 0 Å². The van der Waals surface area contributed by atoms with Gasteiger partial charge in [-0.05, 0) is 0 Å². The molecule has 0 heterocycles. The molecule has 0 unspecified atom stereocenters. The van der Waals surface area contributed by atoms with Gasteiger partial charge >= 0.3 is 6.03 Å². The van der Waals surface area contributed by atoms with E-state index in [4.69, 9.17) is 0 Å². The highest BCUT2D eigenvalue weighted by Gasteiger charge is 2.02. The average Bonchev–Trinajstić information content (AvgIpc) is 1.64. The lowest BCUT2D eigenvalue weighted by Crippen LogP contribution is -2.33. The van der Waals surface area contributed by atoms with Crippen molar-refractivity contribution in [3.8, 4) is 0 Å². The Hall–Kier alpha value is -0.150. The van der Waals surface area contributed by atoms with E-state index in [1.165, 1.54) is 9.80 Å². The molecule has 2 amide bonds. The summed E-state index contributed by atoms with van der Waals surface area (Å²) in [6, 6.07) is 0.0185. The number of urea groups is 1. The van der Waals surface area contributed by atoms with Crippen LogP contribution >= 0.6 is 24.8 Å². The molecule has 0 rings (SSSR count). The van der Waals surface area contributed by atoms with Gasteiger partial charge in [-0.3, -0.25) is 0 Å². The summed E-state index contributed by atoms with van der Waals surface area (Å²) < 4.78 is 0. The van der Waals surface area contributed by atoms with Gasteiger partial charge in [-0.15, -0.1) is 24.8 Å². The maximum absolute atomic E-state index is 10.7. The molecule has 0 aromatic rings. The summed E-state index contributed by atoms with van der Waals surface area (Å²) in [7, 11) is 6.90. The van der Waals surface area contributed by atoms with Gasteiger partial charge in [-0.1, -0.05) is 0 Å². The predicted octanol–water partition coefficient (Wildman–Crippen LogP) is 1.07. The van der Waals surface area contributed by atoms with Crippen LogP contribution in [-0.2, 0) is 0 Å². The number of hydrogen-bond acceptors (Lipinski definition) is 1. The lowest BCUT2D eigenvalue weighted by molar-refractivity contribution is 0.191. The fourth-order valence-corrected chi connectivity index (χ4v) is 0.400. The minimum absolute atomic E-state index is 0. The summed E-state index contributed by atoms with van der Waals surface area (Å²) in [4.78, 5) is 13.8. The summed E-state index contributed by atoms with van der Waals surface area (Å²) in [5.74, 6) is 0. The third-order valence-electron chi connectivity index (χ3n) is 0.765. The van der Waals surface area contributed by atoms with Gasteiger partial charge in [0.25, 0.3) is 0 Å². The van der Waals surface area contributed by atoms with E-state index in [1.807, 2.05) is 0 Å². The van der Waals surface area contributed by atoms with Crippen LogP contribution in [-0.4, -0.2) is 44.0 Å². The van der Waals surface area contributed by atoms with E-state index in [1.54, 1.807) is 28.2 Å². The second-order valence-electron chi connectivity index (χ2n) is 2.07. The van der Waals surface area contributed by atoms with Crippen LogP contribution in [0, 0.1) is 0 Å². The Morgan fingerprint density at radius 1 is 0.900 bits per heavy atom. The Kier molecular flexibility index (Phi) is 11.4. The number of carbonyl (C=O) groups is 1. The number of hydrogen-bond donors (Lipinski definition) is 0. The van der Waals surface area contributed by atoms with E-state index in [-0.39, 0.29) is 30.8 Å². The minimum Gasteiger partial charge on any atom is -0.331 e. The van der Waals surface area contributed by atoms with Crippen LogP contribution in [0.2, 0.25) is 0 Å². The smallest absolute Gasteiger partial charge is 0.318 e. The maximum atomic E-state index is 10.7. The van der Waals surface area contributed by atoms with E-state index >= 15 is 0 Å². The molecule has 0 fully saturated rings. The molecule has 0 N–H and O–H groups in total. The number of carbonyl (C=O) groups excluding carboxylic acids is 1. The largest absolute Gasteiger partial charge is 0.331 e. The molecule has 0 spiro atoms. The SMILES string of the molecule is CN(C)C(=O)N(C)C.Cl.Cl. The molecular formula is C5H14Cl2N2O. The fourth-order valence-electron chi connectivity index (χ4n) is 0.400. The molecule has 0 saturated carbocycles. The van der Waals surface area contributed by atoms with Crippen molar-refractivity contribution in [1.82, 2.24) is 9.80 Å². The number of rotatable bonds is 0. The third-order valence-corrected chi connectivity index (χ3v) is 0.765. The molecule has 0 aromatic heterocycles. The zero-order valence-electron chi connectivity index (χ0n) is 6.62. The van der Waals surface area contributed by atoms with Gasteiger partial charge in [-0.25, -0.2) is 4.79 Å². The maximum Gasteiger partial charge on any atom is 0.318 e. The molecule has 0 aromatic carbocycles. The Balaban J connectivity index is -0.000000245. The van der Waals surface area contributed by atoms with Crippen molar-refractivity contribution < 1.29 is 4.79 Å². The van der Waals surface area contributed by atoms with E-state index < -0.39 is 0 Å². The molecule has 64 valence electrons. The standard InChI is InChI=1S/C5H12N2O.2ClH/c1-6(2)5(8)7(3)4;;/h1-4H3;2*1H. The highest BCUT2D eigenvalue weighted by molar-refractivity contribution is 5.85. The van der Waals surface area contributed by atoms with Gasteiger partial charge in [0.15, 0.2) is 0 Å². The molecule has 5 heteroatoms. The highest BCUT2D eigenvalue weighted by atomic mass is 35.5. The summed E-state index contributed by atoms with van der Waals surface area (Å²) in [6.45, 7) is 0. The van der Waals surface area contributed by atoms with Crippen molar-refractivity contribution in [2.24, 2.45) is 0 Å². The lowest BCUT2D eigenvalue weighted by atomic mass is 10.7. The number of nitrogens with zero attached hydrogens (tertiary/aromatic N) is 2. The summed E-state index contributed by atoms with van der Waals surface area (Å²) in [5.41, 5.74) is 0. The van der Waals surface area contributed by atoms with Gasteiger partial charge in [0, 0.05) is 28.2 Å². The second kappa shape index (κ2) is 6.96. The minimum atomic E-state index is 0. The Morgan fingerprint density at radius 2 is 1.10 bits per heavy atom. The van der Waals surface area contributed by atoms with Gasteiger partial charge in [-0.2, -0.15) is 0 Å². The summed E-state index contributed by atoms with van der Waals surface area (Å²) in [5, 5.41) is 0. The van der Waals surface area contributed by atoms with Crippen LogP contribution in [0.15, 0.2) is 0 Å². The predicted molar refractivity (Wildman–Crippen MR) is 47.3 cm³/mol. The number of halogens is 2. The Morgan fingerprint density at radius 3 is 1.10 bits per heavy atom. The van der Waals surface area contributed by atoms with Gasteiger partial charge in [0.1, 0.15) is 0 Å². The van der Waals surface area contributed by atoms with Crippen LogP contribution in [0.25, 0.3) is 0 Å². The van der Waals surface area contributed by atoms with Gasteiger partial charge < -0.3 is 9.80 Å². The summed E-state index contributed by atoms with van der Waals surface area (Å²) in [6.07, 6.45) is 0. The third kappa shape index (κ3) is 5.98. The molecule has 10 heavy (non-hydrogen) atoms. The van der Waals surface area contributed by atoms with Crippen LogP contribution < -0.4 is 0 Å². The van der Waals surface area contributed by atoms with Crippen molar-refractivity contribution in [2.75, 3.05) is 28.2 Å². The monoisotopic (exact) mass is 188 g/mol. The fraction of sp³-hybridized carbons (Fsp3) is 0.800. The van der Waals surface area contributed by atoms with E-state index in [2.05, 4.69) is 0 Å². The van der Waals surface area contributed by atoms with E-state index in [0.29, 0.717) is 0 Å². The molecule has 0 atom stereocenters. The molecule has 0 saturated heterocycles. The van der Waals surface area contributed by atoms with Crippen molar-refractivity contribution in [2.45, 2.75) is 0 Å². The quantitative estimate of drug-likeness (QED) is 0.559. The van der Waals surface area contributed by atoms with Crippen molar-refractivity contribution in [3.63, 3.8) is 0 Å². The first-order valence-electron chi connectivity index (χ1n) is 2.44. The summed E-state index contributed by atoms with van der Waals surface area (Å²) >= 11 is 0. The first kappa shape index (κ1) is 16.4. The van der Waals surface area contributed by atoms with Gasteiger partial charge in [0.2, 0.25) is 0 Å². The van der Waals surface area contributed by atoms with Crippen molar-refractivity contribution in [1.29, 1.82) is 0 Å². The molecule has 0 aliphatic heterocycles. The molecule has 0 radical (unpaired) electrons. The second-order valence-corrected chi connectivity index (χ2v) is 2.07. The lowest BCUT2D eigenvalue weighted by Gasteiger charge is -2.16. The first-order chi connectivity index (χ1) is 3.55. The Bertz CT molecular complexity index is 85.6. The molecule has 0 aliphatic rings. The number of amides is 2. The average molecular weight is 189 g/mol. The topological polar surface area (TPSA) is 23.6 Å². The zero-order chi connectivity index (χ0) is 6.73. The van der Waals surface area contributed by atoms with Crippen LogP contribution in [0.1, 0.15) is 0 Å². The van der Waals surface area contributed by atoms with Gasteiger partial charge in [0.05, 0.1) is 0 Å². The van der Waals surface area contributed by atoms with Crippen LogP contribution in [0.4, 0.5) is 4.79 Å². The first-order valence-corrected chi connectivity index (χ1v) is 2.44. The molecule has 0 aliphatic carbocycles. The van der Waals surface area contributed by atoms with Crippen LogP contribution in [0.5, 0.6) is 0 Å². The Labute approximate surface area is 74.2 Å². The molecule has 3 nitrogen and oxygen atoms in total. The van der Waals surface area contributed by atoms with Crippen molar-refractivity contribution >= 4 is 30.8 Å². The van der Waals surface area contributed by atoms with E-state index in [0.717, 1.165) is 0 Å². The highest BCUT2D eigenvalue weighted by Crippen LogP contribution is 1.83. The zero-order valence-corrected chi connectivity index (χ0v) is 8.25. The molecular weight excluding hydrogens is 175 g/mol. The van der Waals surface area contributed by atoms with Crippen LogP contribution in [0.3, 0.4) is 0 Å².